The molecule has 2 N–H and O–H groups in total. The number of carboxylic acids is 1. The van der Waals surface area contributed by atoms with Crippen LogP contribution in [-0.2, 0) is 16.1 Å². The van der Waals surface area contributed by atoms with E-state index in [9.17, 15) is 9.59 Å². The molecular weight excluding hydrogens is 292 g/mol. The van der Waals surface area contributed by atoms with Crippen molar-refractivity contribution in [1.29, 1.82) is 0 Å². The molecule has 0 radical (unpaired) electrons. The van der Waals surface area contributed by atoms with Crippen molar-refractivity contribution in [3.8, 4) is 0 Å². The van der Waals surface area contributed by atoms with Crippen LogP contribution in [0.5, 0.6) is 0 Å². The summed E-state index contributed by atoms with van der Waals surface area (Å²) in [6.45, 7) is 1.73. The van der Waals surface area contributed by atoms with E-state index in [0.29, 0.717) is 12.8 Å². The molecule has 1 aliphatic carbocycles. The molecule has 3 atom stereocenters. The van der Waals surface area contributed by atoms with Gasteiger partial charge in [-0.15, -0.1) is 0 Å². The fraction of sp³-hybridized carbons (Fsp3) is 0.556. The maximum atomic E-state index is 12.6. The zero-order valence-electron chi connectivity index (χ0n) is 13.3. The third-order valence-corrected chi connectivity index (χ3v) is 5.02. The summed E-state index contributed by atoms with van der Waals surface area (Å²) in [5, 5.41) is 12.1. The highest BCUT2D eigenvalue weighted by Gasteiger charge is 2.35. The van der Waals surface area contributed by atoms with E-state index < -0.39 is 5.97 Å². The predicted molar refractivity (Wildman–Crippen MR) is 86.8 cm³/mol. The highest BCUT2D eigenvalue weighted by molar-refractivity contribution is 5.82. The van der Waals surface area contributed by atoms with Gasteiger partial charge in [0.2, 0.25) is 5.91 Å². The molecule has 2 aliphatic rings. The lowest BCUT2D eigenvalue weighted by molar-refractivity contribution is -0.141. The molecule has 1 aromatic rings. The minimum absolute atomic E-state index is 0.0165. The van der Waals surface area contributed by atoms with E-state index in [1.807, 2.05) is 18.2 Å². The van der Waals surface area contributed by atoms with Gasteiger partial charge in [0, 0.05) is 12.6 Å². The van der Waals surface area contributed by atoms with E-state index in [1.165, 1.54) is 5.56 Å². The Balaban J connectivity index is 1.55. The van der Waals surface area contributed by atoms with Crippen molar-refractivity contribution in [3.05, 3.63) is 35.9 Å². The molecule has 5 heteroatoms. The highest BCUT2D eigenvalue weighted by atomic mass is 16.4. The fourth-order valence-electron chi connectivity index (χ4n) is 3.76. The zero-order valence-corrected chi connectivity index (χ0v) is 13.3. The van der Waals surface area contributed by atoms with Crippen LogP contribution in [0, 0.1) is 5.92 Å². The van der Waals surface area contributed by atoms with Gasteiger partial charge in [-0.2, -0.15) is 0 Å². The Bertz CT molecular complexity index is 561. The quantitative estimate of drug-likeness (QED) is 0.872. The molecule has 1 amide bonds. The first-order valence-electron chi connectivity index (χ1n) is 8.44. The Labute approximate surface area is 136 Å². The van der Waals surface area contributed by atoms with E-state index in [4.69, 9.17) is 5.11 Å². The van der Waals surface area contributed by atoms with Gasteiger partial charge < -0.3 is 10.4 Å². The SMILES string of the molecule is O=C(N[C@@H]1CC[C@H](C(=O)O)C1)C1CCCN1Cc1ccccc1. The van der Waals surface area contributed by atoms with Gasteiger partial charge in [-0.3, -0.25) is 14.5 Å². The van der Waals surface area contributed by atoms with Crippen molar-refractivity contribution in [3.63, 3.8) is 0 Å². The van der Waals surface area contributed by atoms with Crippen LogP contribution in [0.2, 0.25) is 0 Å². The van der Waals surface area contributed by atoms with Crippen molar-refractivity contribution >= 4 is 11.9 Å². The Kier molecular flexibility index (Phi) is 4.96. The lowest BCUT2D eigenvalue weighted by Crippen LogP contribution is -2.46. The van der Waals surface area contributed by atoms with E-state index >= 15 is 0 Å². The maximum absolute atomic E-state index is 12.6. The summed E-state index contributed by atoms with van der Waals surface area (Å²) < 4.78 is 0. The lowest BCUT2D eigenvalue weighted by Gasteiger charge is -2.25. The second kappa shape index (κ2) is 7.13. The fourth-order valence-corrected chi connectivity index (χ4v) is 3.76. The van der Waals surface area contributed by atoms with Crippen LogP contribution >= 0.6 is 0 Å². The molecule has 0 spiro atoms. The number of hydrogen-bond acceptors (Lipinski definition) is 3. The Morgan fingerprint density at radius 3 is 2.65 bits per heavy atom. The van der Waals surface area contributed by atoms with Crippen molar-refractivity contribution in [2.45, 2.75) is 50.7 Å². The van der Waals surface area contributed by atoms with Crippen LogP contribution in [0.15, 0.2) is 30.3 Å². The minimum Gasteiger partial charge on any atom is -0.481 e. The molecule has 1 heterocycles. The van der Waals surface area contributed by atoms with Crippen LogP contribution in [0.1, 0.15) is 37.7 Å². The molecule has 5 nitrogen and oxygen atoms in total. The van der Waals surface area contributed by atoms with Crippen LogP contribution < -0.4 is 5.32 Å². The van der Waals surface area contributed by atoms with Crippen LogP contribution in [0.4, 0.5) is 0 Å². The summed E-state index contributed by atoms with van der Waals surface area (Å²) >= 11 is 0. The number of carboxylic acid groups (broad SMARTS) is 1. The number of amides is 1. The number of nitrogens with zero attached hydrogens (tertiary/aromatic N) is 1. The molecule has 1 saturated carbocycles. The molecule has 0 aromatic heterocycles. The van der Waals surface area contributed by atoms with E-state index in [2.05, 4.69) is 22.3 Å². The number of benzene rings is 1. The average Bonchev–Trinajstić information content (AvgIpc) is 3.17. The van der Waals surface area contributed by atoms with E-state index in [-0.39, 0.29) is 23.9 Å². The van der Waals surface area contributed by atoms with E-state index in [0.717, 1.165) is 32.4 Å². The first-order valence-corrected chi connectivity index (χ1v) is 8.44. The third-order valence-electron chi connectivity index (χ3n) is 5.02. The average molecular weight is 316 g/mol. The minimum atomic E-state index is -0.742. The maximum Gasteiger partial charge on any atom is 0.306 e. The molecule has 3 rings (SSSR count). The summed E-state index contributed by atoms with van der Waals surface area (Å²) in [6, 6.07) is 10.1. The van der Waals surface area contributed by atoms with Crippen molar-refractivity contribution < 1.29 is 14.7 Å². The Hall–Kier alpha value is -1.88. The van der Waals surface area contributed by atoms with Gasteiger partial charge >= 0.3 is 5.97 Å². The largest absolute Gasteiger partial charge is 0.481 e. The number of nitrogens with one attached hydrogen (secondary N) is 1. The standard InChI is InChI=1S/C18H24N2O3/c21-17(19-15-9-8-14(11-15)18(22)23)16-7-4-10-20(16)12-13-5-2-1-3-6-13/h1-3,5-6,14-16H,4,7-12H2,(H,19,21)(H,22,23)/t14-,15+,16?/m0/s1. The van der Waals surface area contributed by atoms with Crippen molar-refractivity contribution in [1.82, 2.24) is 10.2 Å². The Morgan fingerprint density at radius 2 is 1.96 bits per heavy atom. The highest BCUT2D eigenvalue weighted by Crippen LogP contribution is 2.27. The molecular formula is C18H24N2O3. The van der Waals surface area contributed by atoms with Gasteiger partial charge in [-0.05, 0) is 44.2 Å². The molecule has 1 aliphatic heterocycles. The number of carbonyl (C=O) groups excluding carboxylic acids is 1. The first-order chi connectivity index (χ1) is 11.1. The molecule has 124 valence electrons. The number of hydrogen-bond donors (Lipinski definition) is 2. The van der Waals surface area contributed by atoms with Gasteiger partial charge in [0.1, 0.15) is 0 Å². The summed E-state index contributed by atoms with van der Waals surface area (Å²) in [6.07, 6.45) is 3.92. The third kappa shape index (κ3) is 3.91. The molecule has 1 unspecified atom stereocenters. The van der Waals surface area contributed by atoms with Crippen LogP contribution in [0.3, 0.4) is 0 Å². The van der Waals surface area contributed by atoms with Gasteiger partial charge in [0.05, 0.1) is 12.0 Å². The lowest BCUT2D eigenvalue weighted by atomic mass is 10.1. The monoisotopic (exact) mass is 316 g/mol. The smallest absolute Gasteiger partial charge is 0.306 e. The number of carbonyl (C=O) groups is 2. The van der Waals surface area contributed by atoms with Gasteiger partial charge in [0.15, 0.2) is 0 Å². The van der Waals surface area contributed by atoms with Gasteiger partial charge in [-0.25, -0.2) is 0 Å². The normalized spacial score (nSPS) is 27.9. The second-order valence-corrected chi connectivity index (χ2v) is 6.67. The Morgan fingerprint density at radius 1 is 1.17 bits per heavy atom. The molecule has 0 bridgehead atoms. The summed E-state index contributed by atoms with van der Waals surface area (Å²) in [5.41, 5.74) is 1.22. The number of aliphatic carboxylic acids is 1. The zero-order chi connectivity index (χ0) is 16.2. The van der Waals surface area contributed by atoms with E-state index in [1.54, 1.807) is 0 Å². The van der Waals surface area contributed by atoms with Crippen LogP contribution in [0.25, 0.3) is 0 Å². The predicted octanol–water partition coefficient (Wildman–Crippen LogP) is 2.02. The van der Waals surface area contributed by atoms with Gasteiger partial charge in [0.25, 0.3) is 0 Å². The first kappa shape index (κ1) is 16.0. The second-order valence-electron chi connectivity index (χ2n) is 6.67. The summed E-state index contributed by atoms with van der Waals surface area (Å²) in [5.74, 6) is -0.980. The van der Waals surface area contributed by atoms with Crippen molar-refractivity contribution in [2.24, 2.45) is 5.92 Å². The molecule has 2 fully saturated rings. The summed E-state index contributed by atoms with van der Waals surface area (Å²) in [4.78, 5) is 25.8. The topological polar surface area (TPSA) is 69.6 Å². The van der Waals surface area contributed by atoms with Crippen LogP contribution in [-0.4, -0.2) is 40.5 Å². The number of rotatable bonds is 5. The number of likely N-dealkylation sites (tertiary alicyclic amines) is 1. The molecule has 1 saturated heterocycles. The molecule has 23 heavy (non-hydrogen) atoms. The molecule has 1 aromatic carbocycles. The summed E-state index contributed by atoms with van der Waals surface area (Å²) in [7, 11) is 0. The van der Waals surface area contributed by atoms with Crippen molar-refractivity contribution in [2.75, 3.05) is 6.54 Å². The van der Waals surface area contributed by atoms with Gasteiger partial charge in [-0.1, -0.05) is 30.3 Å².